The van der Waals surface area contributed by atoms with E-state index in [2.05, 4.69) is 20.4 Å². The highest BCUT2D eigenvalue weighted by molar-refractivity contribution is 5.79. The standard InChI is InChI=1S/C18H18F3N5O2/c1-9(12-4-6-13(7-5-12)18(19,20)21)26-16-15(17(28)24-10(2)23-16)14(25-26)8-22-11(3)27/h4-7,9H,8H2,1-3H3,(H,22,27)(H,23,24,28)/t9-/m0/s1. The molecule has 0 spiro atoms. The predicted molar refractivity (Wildman–Crippen MR) is 95.7 cm³/mol. The number of hydrogen-bond donors (Lipinski definition) is 2. The van der Waals surface area contributed by atoms with E-state index in [1.807, 2.05) is 0 Å². The molecule has 7 nitrogen and oxygen atoms in total. The second kappa shape index (κ2) is 7.10. The molecular weight excluding hydrogens is 375 g/mol. The Bertz CT molecular complexity index is 1080. The summed E-state index contributed by atoms with van der Waals surface area (Å²) in [5, 5.41) is 7.23. The molecule has 0 saturated heterocycles. The van der Waals surface area contributed by atoms with Crippen LogP contribution >= 0.6 is 0 Å². The van der Waals surface area contributed by atoms with E-state index >= 15 is 0 Å². The molecule has 2 aromatic heterocycles. The average molecular weight is 393 g/mol. The fourth-order valence-electron chi connectivity index (χ4n) is 2.92. The molecule has 2 N–H and O–H groups in total. The fourth-order valence-corrected chi connectivity index (χ4v) is 2.92. The van der Waals surface area contributed by atoms with E-state index in [0.29, 0.717) is 22.7 Å². The Morgan fingerprint density at radius 3 is 2.50 bits per heavy atom. The maximum atomic E-state index is 12.8. The van der Waals surface area contributed by atoms with Crippen LogP contribution in [-0.2, 0) is 17.5 Å². The summed E-state index contributed by atoms with van der Waals surface area (Å²) in [7, 11) is 0. The summed E-state index contributed by atoms with van der Waals surface area (Å²) in [6, 6.07) is 4.26. The van der Waals surface area contributed by atoms with E-state index < -0.39 is 23.3 Å². The summed E-state index contributed by atoms with van der Waals surface area (Å²) in [5.41, 5.74) is 0.0641. The number of nitrogens with zero attached hydrogens (tertiary/aromatic N) is 3. The van der Waals surface area contributed by atoms with Crippen molar-refractivity contribution in [3.8, 4) is 0 Å². The SMILES string of the molecule is CC(=O)NCc1nn([C@@H](C)c2ccc(C(F)(F)F)cc2)c2nc(C)[nH]c(=O)c12. The van der Waals surface area contributed by atoms with Crippen molar-refractivity contribution >= 4 is 16.9 Å². The minimum absolute atomic E-state index is 0.0341. The molecule has 0 radical (unpaired) electrons. The number of halogens is 3. The van der Waals surface area contributed by atoms with Crippen LogP contribution in [0.1, 0.15) is 42.5 Å². The van der Waals surface area contributed by atoms with Crippen molar-refractivity contribution < 1.29 is 18.0 Å². The van der Waals surface area contributed by atoms with Gasteiger partial charge in [-0.15, -0.1) is 0 Å². The molecule has 0 bridgehead atoms. The van der Waals surface area contributed by atoms with Crippen molar-refractivity contribution in [1.29, 1.82) is 0 Å². The van der Waals surface area contributed by atoms with Gasteiger partial charge in [-0.05, 0) is 31.5 Å². The van der Waals surface area contributed by atoms with E-state index in [-0.39, 0.29) is 17.8 Å². The third-order valence-corrected chi connectivity index (χ3v) is 4.34. The third kappa shape index (κ3) is 3.75. The van der Waals surface area contributed by atoms with Gasteiger partial charge in [0.2, 0.25) is 5.91 Å². The van der Waals surface area contributed by atoms with E-state index in [0.717, 1.165) is 12.1 Å². The number of fused-ring (bicyclic) bond motifs is 1. The fraction of sp³-hybridized carbons (Fsp3) is 0.333. The first-order chi connectivity index (χ1) is 13.1. The number of amides is 1. The lowest BCUT2D eigenvalue weighted by molar-refractivity contribution is -0.137. The maximum absolute atomic E-state index is 12.8. The van der Waals surface area contributed by atoms with Gasteiger partial charge >= 0.3 is 6.18 Å². The third-order valence-electron chi connectivity index (χ3n) is 4.34. The van der Waals surface area contributed by atoms with Gasteiger partial charge in [-0.3, -0.25) is 9.59 Å². The molecule has 0 aliphatic heterocycles. The molecule has 10 heteroatoms. The molecule has 148 valence electrons. The van der Waals surface area contributed by atoms with Crippen molar-refractivity contribution in [3.63, 3.8) is 0 Å². The van der Waals surface area contributed by atoms with Crippen molar-refractivity contribution in [1.82, 2.24) is 25.1 Å². The highest BCUT2D eigenvalue weighted by atomic mass is 19.4. The first kappa shape index (κ1) is 19.6. The Morgan fingerprint density at radius 1 is 1.29 bits per heavy atom. The summed E-state index contributed by atoms with van der Waals surface area (Å²) < 4.78 is 39.9. The molecule has 3 aromatic rings. The zero-order chi connectivity index (χ0) is 20.6. The Balaban J connectivity index is 2.09. The Hall–Kier alpha value is -3.17. The second-order valence-corrected chi connectivity index (χ2v) is 6.45. The Morgan fingerprint density at radius 2 is 1.93 bits per heavy atom. The van der Waals surface area contributed by atoms with Crippen LogP contribution in [0.3, 0.4) is 0 Å². The highest BCUT2D eigenvalue weighted by Gasteiger charge is 2.30. The molecule has 3 rings (SSSR count). The van der Waals surface area contributed by atoms with E-state index in [9.17, 15) is 22.8 Å². The van der Waals surface area contributed by atoms with E-state index in [1.165, 1.54) is 23.7 Å². The number of alkyl halides is 3. The van der Waals surface area contributed by atoms with Gasteiger partial charge in [-0.1, -0.05) is 12.1 Å². The molecule has 0 saturated carbocycles. The number of carbonyl (C=O) groups excluding carboxylic acids is 1. The summed E-state index contributed by atoms with van der Waals surface area (Å²) in [4.78, 5) is 30.6. The van der Waals surface area contributed by atoms with Crippen molar-refractivity contribution in [2.45, 2.75) is 39.5 Å². The van der Waals surface area contributed by atoms with Crippen LogP contribution in [0.5, 0.6) is 0 Å². The molecule has 0 aliphatic carbocycles. The number of benzene rings is 1. The smallest absolute Gasteiger partial charge is 0.351 e. The molecule has 1 aromatic carbocycles. The lowest BCUT2D eigenvalue weighted by atomic mass is 10.1. The van der Waals surface area contributed by atoms with Gasteiger partial charge in [0.05, 0.1) is 23.8 Å². The molecule has 1 atom stereocenters. The zero-order valence-corrected chi connectivity index (χ0v) is 15.4. The van der Waals surface area contributed by atoms with Gasteiger partial charge in [-0.25, -0.2) is 9.67 Å². The average Bonchev–Trinajstić information content (AvgIpc) is 2.97. The largest absolute Gasteiger partial charge is 0.416 e. The molecular formula is C18H18F3N5O2. The van der Waals surface area contributed by atoms with Gasteiger partial charge < -0.3 is 10.3 Å². The van der Waals surface area contributed by atoms with Crippen LogP contribution in [0, 0.1) is 6.92 Å². The van der Waals surface area contributed by atoms with Crippen LogP contribution < -0.4 is 10.9 Å². The second-order valence-electron chi connectivity index (χ2n) is 6.45. The quantitative estimate of drug-likeness (QED) is 0.713. The minimum Gasteiger partial charge on any atom is -0.351 e. The van der Waals surface area contributed by atoms with Gasteiger partial charge in [0, 0.05) is 6.92 Å². The van der Waals surface area contributed by atoms with Crippen molar-refractivity contribution in [2.75, 3.05) is 0 Å². The Kier molecular flexibility index (Phi) is 4.97. The number of aromatic nitrogens is 4. The first-order valence-corrected chi connectivity index (χ1v) is 8.47. The van der Waals surface area contributed by atoms with Gasteiger partial charge in [0.15, 0.2) is 5.65 Å². The van der Waals surface area contributed by atoms with Crippen LogP contribution in [0.25, 0.3) is 11.0 Å². The van der Waals surface area contributed by atoms with Crippen molar-refractivity contribution in [2.24, 2.45) is 0 Å². The monoisotopic (exact) mass is 393 g/mol. The lowest BCUT2D eigenvalue weighted by Crippen LogP contribution is -2.20. The maximum Gasteiger partial charge on any atom is 0.416 e. The first-order valence-electron chi connectivity index (χ1n) is 8.47. The highest BCUT2D eigenvalue weighted by Crippen LogP contribution is 2.31. The number of rotatable bonds is 4. The molecule has 2 heterocycles. The zero-order valence-electron chi connectivity index (χ0n) is 15.4. The number of hydrogen-bond acceptors (Lipinski definition) is 4. The summed E-state index contributed by atoms with van der Waals surface area (Å²) >= 11 is 0. The number of H-pyrrole nitrogens is 1. The lowest BCUT2D eigenvalue weighted by Gasteiger charge is -2.15. The topological polar surface area (TPSA) is 92.7 Å². The number of aromatic amines is 1. The minimum atomic E-state index is -4.42. The molecule has 28 heavy (non-hydrogen) atoms. The number of aryl methyl sites for hydroxylation is 1. The number of nitrogens with one attached hydrogen (secondary N) is 2. The van der Waals surface area contributed by atoms with E-state index in [1.54, 1.807) is 13.8 Å². The molecule has 0 fully saturated rings. The van der Waals surface area contributed by atoms with Gasteiger partial charge in [0.1, 0.15) is 11.2 Å². The predicted octanol–water partition coefficient (Wildman–Crippen LogP) is 2.69. The van der Waals surface area contributed by atoms with Crippen LogP contribution in [-0.4, -0.2) is 25.7 Å². The Labute approximate surface area is 157 Å². The van der Waals surface area contributed by atoms with Gasteiger partial charge in [-0.2, -0.15) is 18.3 Å². The van der Waals surface area contributed by atoms with Gasteiger partial charge in [0.25, 0.3) is 5.56 Å². The number of carbonyl (C=O) groups is 1. The van der Waals surface area contributed by atoms with Crippen LogP contribution in [0.2, 0.25) is 0 Å². The van der Waals surface area contributed by atoms with Crippen molar-refractivity contribution in [3.05, 3.63) is 57.3 Å². The van der Waals surface area contributed by atoms with Crippen LogP contribution in [0.4, 0.5) is 13.2 Å². The van der Waals surface area contributed by atoms with E-state index in [4.69, 9.17) is 0 Å². The summed E-state index contributed by atoms with van der Waals surface area (Å²) in [6.45, 7) is 4.74. The van der Waals surface area contributed by atoms with Crippen LogP contribution in [0.15, 0.2) is 29.1 Å². The summed E-state index contributed by atoms with van der Waals surface area (Å²) in [5.74, 6) is 0.0966. The molecule has 0 aliphatic rings. The summed E-state index contributed by atoms with van der Waals surface area (Å²) in [6.07, 6.45) is -4.42. The molecule has 0 unspecified atom stereocenters. The normalized spacial score (nSPS) is 12.9. The molecule has 1 amide bonds.